The summed E-state index contributed by atoms with van der Waals surface area (Å²) in [7, 11) is 4.08. The molecule has 0 radical (unpaired) electrons. The number of rotatable bonds is 11. The highest BCUT2D eigenvalue weighted by molar-refractivity contribution is 5.87. The second kappa shape index (κ2) is 12.2. The Labute approximate surface area is 138 Å². The Hall–Kier alpha value is -1.32. The molecule has 4 nitrogen and oxygen atoms in total. The summed E-state index contributed by atoms with van der Waals surface area (Å²) in [5.74, 6) is 2.38. The maximum absolute atomic E-state index is 4.81. The molecule has 0 fully saturated rings. The number of aliphatic imine (C=N–C) groups is 2. The summed E-state index contributed by atoms with van der Waals surface area (Å²) in [6, 6.07) is 0. The van der Waals surface area contributed by atoms with Gasteiger partial charge >= 0.3 is 0 Å². The maximum atomic E-state index is 4.81. The molecule has 0 aliphatic heterocycles. The molecule has 0 heterocycles. The van der Waals surface area contributed by atoms with Crippen LogP contribution >= 0.6 is 0 Å². The standard InChI is InChI=1S/C18H36N4/c1-8-10-12-22(13-11-9-2)18(15-21(6)7)20-17(19-5)14-16(3)4/h15-16H,5,8-14H2,1-4,6-7H3/b18-15+,20-17-. The minimum Gasteiger partial charge on any atom is -0.381 e. The van der Waals surface area contributed by atoms with Crippen molar-refractivity contribution in [2.75, 3.05) is 27.2 Å². The van der Waals surface area contributed by atoms with Gasteiger partial charge in [-0.3, -0.25) is 0 Å². The van der Waals surface area contributed by atoms with E-state index in [1.807, 2.05) is 14.1 Å². The van der Waals surface area contributed by atoms with E-state index in [9.17, 15) is 0 Å². The SMILES string of the molecule is C=N/C(CC(C)C)=N\C(=C/N(C)C)N(CCCC)CCCC. The highest BCUT2D eigenvalue weighted by Crippen LogP contribution is 2.14. The highest BCUT2D eigenvalue weighted by atomic mass is 15.2. The summed E-state index contributed by atoms with van der Waals surface area (Å²) >= 11 is 0. The molecule has 0 aliphatic rings. The third-order valence-corrected chi connectivity index (χ3v) is 3.28. The molecule has 0 rings (SSSR count). The lowest BCUT2D eigenvalue weighted by molar-refractivity contribution is 0.320. The first-order valence-electron chi connectivity index (χ1n) is 8.62. The number of nitrogens with zero attached hydrogens (tertiary/aromatic N) is 4. The van der Waals surface area contributed by atoms with Crippen LogP contribution in [0.15, 0.2) is 22.0 Å². The van der Waals surface area contributed by atoms with Crippen LogP contribution in [-0.4, -0.2) is 49.5 Å². The Morgan fingerprint density at radius 3 is 2.00 bits per heavy atom. The molecule has 0 bridgehead atoms. The van der Waals surface area contributed by atoms with E-state index in [2.05, 4.69) is 55.4 Å². The average molecular weight is 309 g/mol. The summed E-state index contributed by atoms with van der Waals surface area (Å²) in [6.07, 6.45) is 7.72. The third kappa shape index (κ3) is 9.59. The van der Waals surface area contributed by atoms with Crippen molar-refractivity contribution in [3.05, 3.63) is 12.0 Å². The first kappa shape index (κ1) is 20.7. The van der Waals surface area contributed by atoms with Gasteiger partial charge in [0.2, 0.25) is 0 Å². The molecule has 4 heteroatoms. The Balaban J connectivity index is 5.34. The molecule has 0 saturated carbocycles. The molecule has 0 atom stereocenters. The second-order valence-corrected chi connectivity index (χ2v) is 6.43. The van der Waals surface area contributed by atoms with Crippen LogP contribution in [0.25, 0.3) is 0 Å². The normalized spacial score (nSPS) is 12.7. The van der Waals surface area contributed by atoms with Crippen LogP contribution < -0.4 is 0 Å². The number of hydrogen-bond acceptors (Lipinski definition) is 3. The van der Waals surface area contributed by atoms with Crippen molar-refractivity contribution >= 4 is 12.6 Å². The van der Waals surface area contributed by atoms with E-state index in [1.54, 1.807) is 0 Å². The van der Waals surface area contributed by atoms with E-state index < -0.39 is 0 Å². The van der Waals surface area contributed by atoms with Crippen LogP contribution in [-0.2, 0) is 0 Å². The average Bonchev–Trinajstić information content (AvgIpc) is 2.45. The zero-order chi connectivity index (χ0) is 17.0. The van der Waals surface area contributed by atoms with Gasteiger partial charge in [-0.15, -0.1) is 0 Å². The molecule has 0 aliphatic carbocycles. The van der Waals surface area contributed by atoms with Crippen LogP contribution in [0.5, 0.6) is 0 Å². The first-order valence-corrected chi connectivity index (χ1v) is 8.62. The van der Waals surface area contributed by atoms with Crippen LogP contribution in [0.3, 0.4) is 0 Å². The van der Waals surface area contributed by atoms with Gasteiger partial charge in [-0.1, -0.05) is 40.5 Å². The molecule has 0 spiro atoms. The Bertz CT molecular complexity index is 348. The van der Waals surface area contributed by atoms with Crippen molar-refractivity contribution in [2.45, 2.75) is 59.8 Å². The summed E-state index contributed by atoms with van der Waals surface area (Å²) in [4.78, 5) is 13.4. The molecule has 0 aromatic carbocycles. The van der Waals surface area contributed by atoms with Gasteiger partial charge in [-0.05, 0) is 25.5 Å². The molecule has 0 unspecified atom stereocenters. The van der Waals surface area contributed by atoms with Crippen molar-refractivity contribution in [3.63, 3.8) is 0 Å². The van der Waals surface area contributed by atoms with Gasteiger partial charge in [0.05, 0.1) is 0 Å². The fraction of sp³-hybridized carbons (Fsp3) is 0.778. The monoisotopic (exact) mass is 308 g/mol. The predicted octanol–water partition coefficient (Wildman–Crippen LogP) is 4.39. The van der Waals surface area contributed by atoms with E-state index in [-0.39, 0.29) is 0 Å². The lowest BCUT2D eigenvalue weighted by atomic mass is 10.1. The molecule has 0 aromatic rings. The zero-order valence-corrected chi connectivity index (χ0v) is 15.6. The van der Waals surface area contributed by atoms with Crippen molar-refractivity contribution in [3.8, 4) is 0 Å². The summed E-state index contributed by atoms with van der Waals surface area (Å²) in [6.45, 7) is 14.6. The summed E-state index contributed by atoms with van der Waals surface area (Å²) in [5.41, 5.74) is 0. The van der Waals surface area contributed by atoms with Crippen LogP contribution in [0, 0.1) is 5.92 Å². The predicted molar refractivity (Wildman–Crippen MR) is 99.6 cm³/mol. The van der Waals surface area contributed by atoms with Crippen molar-refractivity contribution in [1.29, 1.82) is 0 Å². The molecule has 0 amide bonds. The molecule has 0 N–H and O–H groups in total. The molecular formula is C18H36N4. The highest BCUT2D eigenvalue weighted by Gasteiger charge is 2.11. The Morgan fingerprint density at radius 2 is 1.64 bits per heavy atom. The Morgan fingerprint density at radius 1 is 1.09 bits per heavy atom. The number of unbranched alkanes of at least 4 members (excludes halogenated alkanes) is 2. The lowest BCUT2D eigenvalue weighted by Gasteiger charge is -2.26. The van der Waals surface area contributed by atoms with Gasteiger partial charge in [0.25, 0.3) is 0 Å². The molecule has 0 aromatic heterocycles. The van der Waals surface area contributed by atoms with E-state index in [0.29, 0.717) is 5.92 Å². The molecule has 22 heavy (non-hydrogen) atoms. The van der Waals surface area contributed by atoms with E-state index in [0.717, 1.165) is 31.2 Å². The number of hydrogen-bond donors (Lipinski definition) is 0. The molecule has 0 saturated heterocycles. The maximum Gasteiger partial charge on any atom is 0.146 e. The molecule has 128 valence electrons. The minimum atomic E-state index is 0.532. The van der Waals surface area contributed by atoms with Crippen LogP contribution in [0.1, 0.15) is 59.8 Å². The van der Waals surface area contributed by atoms with Gasteiger partial charge < -0.3 is 9.80 Å². The first-order chi connectivity index (χ1) is 10.4. The lowest BCUT2D eigenvalue weighted by Crippen LogP contribution is -2.26. The zero-order valence-electron chi connectivity index (χ0n) is 15.6. The van der Waals surface area contributed by atoms with Gasteiger partial charge in [-0.25, -0.2) is 9.98 Å². The van der Waals surface area contributed by atoms with Crippen LogP contribution in [0.2, 0.25) is 0 Å². The fourth-order valence-electron chi connectivity index (χ4n) is 2.09. The van der Waals surface area contributed by atoms with Gasteiger partial charge in [0.15, 0.2) is 0 Å². The quantitative estimate of drug-likeness (QED) is 0.418. The smallest absolute Gasteiger partial charge is 0.146 e. The van der Waals surface area contributed by atoms with Gasteiger partial charge in [0, 0.05) is 39.8 Å². The van der Waals surface area contributed by atoms with Gasteiger partial charge in [-0.2, -0.15) is 0 Å². The third-order valence-electron chi connectivity index (χ3n) is 3.28. The van der Waals surface area contributed by atoms with Crippen molar-refractivity contribution in [2.24, 2.45) is 15.9 Å². The summed E-state index contributed by atoms with van der Waals surface area (Å²) < 4.78 is 0. The van der Waals surface area contributed by atoms with E-state index >= 15 is 0 Å². The van der Waals surface area contributed by atoms with Gasteiger partial charge in [0.1, 0.15) is 11.7 Å². The van der Waals surface area contributed by atoms with E-state index in [4.69, 9.17) is 4.99 Å². The fourth-order valence-corrected chi connectivity index (χ4v) is 2.09. The van der Waals surface area contributed by atoms with Crippen LogP contribution in [0.4, 0.5) is 0 Å². The largest absolute Gasteiger partial charge is 0.381 e. The van der Waals surface area contributed by atoms with Crippen molar-refractivity contribution in [1.82, 2.24) is 9.80 Å². The topological polar surface area (TPSA) is 31.2 Å². The van der Waals surface area contributed by atoms with E-state index in [1.165, 1.54) is 25.7 Å². The molecular weight excluding hydrogens is 272 g/mol. The minimum absolute atomic E-state index is 0.532. The summed E-state index contributed by atoms with van der Waals surface area (Å²) in [5, 5.41) is 0. The Kier molecular flexibility index (Phi) is 11.5. The number of amidine groups is 1. The second-order valence-electron chi connectivity index (χ2n) is 6.43. The van der Waals surface area contributed by atoms with Crippen molar-refractivity contribution < 1.29 is 0 Å².